The molecule has 0 amide bonds. The average Bonchev–Trinajstić information content (AvgIpc) is 3.55. The van der Waals surface area contributed by atoms with Gasteiger partial charge in [0, 0.05) is 54.7 Å². The zero-order chi connectivity index (χ0) is 37.5. The number of nitrogens with zero attached hydrogens (tertiary/aromatic N) is 4. The normalized spacial score (nSPS) is 11.0. The number of pyridine rings is 4. The quantitative estimate of drug-likeness (QED) is 0.165. The second kappa shape index (κ2) is 15.5. The molecule has 273 valence electrons. The second-order valence-electron chi connectivity index (χ2n) is 14.2. The monoisotopic (exact) mass is 893 g/mol. The van der Waals surface area contributed by atoms with Gasteiger partial charge in [-0.15, -0.1) is 47.5 Å². The minimum Gasteiger partial charge on any atom is -0.486 e. The van der Waals surface area contributed by atoms with Crippen LogP contribution in [0.5, 0.6) is 0 Å². The molecule has 55 heavy (non-hydrogen) atoms. The van der Waals surface area contributed by atoms with Crippen LogP contribution in [0.4, 0.5) is 0 Å². The van der Waals surface area contributed by atoms with Crippen molar-refractivity contribution in [3.8, 4) is 44.8 Å². The molecule has 9 rings (SSSR count). The topological polar surface area (TPSA) is 64.7 Å². The number of aryl methyl sites for hydroxylation is 7. The number of furan rings is 1. The van der Waals surface area contributed by atoms with Crippen molar-refractivity contribution in [3.05, 3.63) is 167 Å². The Morgan fingerprint density at radius 1 is 0.545 bits per heavy atom. The smallest absolute Gasteiger partial charge is 0.216 e. The summed E-state index contributed by atoms with van der Waals surface area (Å²) in [4.78, 5) is 18.5. The minimum atomic E-state index is 0. The molecular weight excluding hydrogens is 853 g/mol. The molecule has 5 nitrogen and oxygen atoms in total. The molecule has 0 saturated carbocycles. The predicted octanol–water partition coefficient (Wildman–Crippen LogP) is 12.4. The molecule has 1 radical (unpaired) electrons. The van der Waals surface area contributed by atoms with Gasteiger partial charge in [0.1, 0.15) is 0 Å². The van der Waals surface area contributed by atoms with E-state index in [1.54, 1.807) is 0 Å². The molecule has 0 fully saturated rings. The summed E-state index contributed by atoms with van der Waals surface area (Å²) in [6, 6.07) is 42.3. The van der Waals surface area contributed by atoms with Crippen LogP contribution in [0, 0.1) is 60.6 Å². The van der Waals surface area contributed by atoms with Crippen molar-refractivity contribution < 1.29 is 24.5 Å². The molecule has 0 saturated heterocycles. The van der Waals surface area contributed by atoms with E-state index in [9.17, 15) is 0 Å². The number of rotatable bonds is 4. The van der Waals surface area contributed by atoms with Gasteiger partial charge in [0.2, 0.25) is 5.71 Å². The third-order valence-corrected chi connectivity index (χ3v) is 10.2. The summed E-state index contributed by atoms with van der Waals surface area (Å²) in [5.41, 5.74) is 18.9. The van der Waals surface area contributed by atoms with E-state index in [-0.39, 0.29) is 20.1 Å². The van der Waals surface area contributed by atoms with Crippen molar-refractivity contribution in [2.45, 2.75) is 48.5 Å². The first-order chi connectivity index (χ1) is 26.1. The molecule has 0 bridgehead atoms. The summed E-state index contributed by atoms with van der Waals surface area (Å²) in [6.45, 7) is 14.5. The van der Waals surface area contributed by atoms with Crippen molar-refractivity contribution in [2.75, 3.05) is 0 Å². The van der Waals surface area contributed by atoms with E-state index < -0.39 is 0 Å². The Balaban J connectivity index is 0.000000183. The molecule has 0 N–H and O–H groups in total. The first-order valence-corrected chi connectivity index (χ1v) is 18.2. The molecule has 6 heteroatoms. The maximum Gasteiger partial charge on any atom is 0.216 e. The van der Waals surface area contributed by atoms with Crippen LogP contribution < -0.4 is 0 Å². The van der Waals surface area contributed by atoms with Gasteiger partial charge >= 0.3 is 0 Å². The van der Waals surface area contributed by atoms with Gasteiger partial charge in [0.25, 0.3) is 0 Å². The van der Waals surface area contributed by atoms with Gasteiger partial charge in [-0.05, 0) is 117 Å². The fourth-order valence-corrected chi connectivity index (χ4v) is 6.93. The largest absolute Gasteiger partial charge is 0.486 e. The molecule has 0 atom stereocenters. The Kier molecular flexibility index (Phi) is 10.6. The van der Waals surface area contributed by atoms with Gasteiger partial charge < -0.3 is 14.4 Å². The van der Waals surface area contributed by atoms with E-state index in [1.807, 2.05) is 50.5 Å². The maximum atomic E-state index is 6.20. The van der Waals surface area contributed by atoms with E-state index in [0.29, 0.717) is 5.71 Å². The van der Waals surface area contributed by atoms with Crippen LogP contribution in [-0.4, -0.2) is 19.9 Å². The average molecular weight is 893 g/mol. The molecule has 0 aliphatic rings. The van der Waals surface area contributed by atoms with Crippen LogP contribution in [0.3, 0.4) is 0 Å². The number of benzene rings is 4. The standard InChI is InChI=1S/C29H22N3O.C20H18N.Ir/c1-16-12-26-20(10-8-18(3)31-26)13-24(16)25-14-27(30-15-17(25)2)23-7-5-6-21-22-11-9-19(4)32-29(22)33-28(21)23;1-14-9-10-18(20-11-15(2)16(3)13-21-20)12-19(14)17-7-5-4-6-8-17;/h5-6,8-15H,1-4H3;4-9,11-13H,1-3H3;/q2*-1;. The fourth-order valence-electron chi connectivity index (χ4n) is 6.93. The van der Waals surface area contributed by atoms with Crippen LogP contribution in [0.2, 0.25) is 0 Å². The van der Waals surface area contributed by atoms with E-state index in [0.717, 1.165) is 72.3 Å². The van der Waals surface area contributed by atoms with Crippen LogP contribution in [-0.2, 0) is 20.1 Å². The van der Waals surface area contributed by atoms with Crippen molar-refractivity contribution >= 4 is 33.0 Å². The van der Waals surface area contributed by atoms with E-state index in [2.05, 4.69) is 141 Å². The molecule has 9 aromatic rings. The SMILES string of the molecule is Cc1ccc2cc(-c3cc(-c4[c-]ccc5c4oc4nc(C)ccc45)ncc3C)c(C)cc2n1.Cc1cnc(-c2[c-]cc(C)c(-c3ccccc3)c2)cc1C.[Ir]. The summed E-state index contributed by atoms with van der Waals surface area (Å²) in [5, 5.41) is 3.16. The zero-order valence-electron chi connectivity index (χ0n) is 32.0. The Morgan fingerprint density at radius 2 is 1.27 bits per heavy atom. The first kappa shape index (κ1) is 37.5. The van der Waals surface area contributed by atoms with Crippen molar-refractivity contribution in [2.24, 2.45) is 0 Å². The zero-order valence-corrected chi connectivity index (χ0v) is 34.4. The van der Waals surface area contributed by atoms with Gasteiger partial charge in [-0.25, -0.2) is 4.98 Å². The van der Waals surface area contributed by atoms with Crippen LogP contribution >= 0.6 is 0 Å². The van der Waals surface area contributed by atoms with Gasteiger partial charge in [-0.3, -0.25) is 4.98 Å². The summed E-state index contributed by atoms with van der Waals surface area (Å²) in [6.07, 6.45) is 3.86. The van der Waals surface area contributed by atoms with E-state index in [1.165, 1.54) is 38.9 Å². The summed E-state index contributed by atoms with van der Waals surface area (Å²) in [5.74, 6) is 0. The molecule has 0 aliphatic heterocycles. The molecule has 4 aromatic carbocycles. The minimum absolute atomic E-state index is 0. The molecule has 5 aromatic heterocycles. The second-order valence-corrected chi connectivity index (χ2v) is 14.2. The first-order valence-electron chi connectivity index (χ1n) is 18.2. The molecule has 0 spiro atoms. The number of hydrogen-bond donors (Lipinski definition) is 0. The van der Waals surface area contributed by atoms with Crippen molar-refractivity contribution in [3.63, 3.8) is 0 Å². The third kappa shape index (κ3) is 7.49. The maximum absolute atomic E-state index is 6.20. The van der Waals surface area contributed by atoms with Crippen molar-refractivity contribution in [1.82, 2.24) is 19.9 Å². The fraction of sp³-hybridized carbons (Fsp3) is 0.143. The Labute approximate surface area is 335 Å². The van der Waals surface area contributed by atoms with Crippen LogP contribution in [0.25, 0.3) is 77.7 Å². The Morgan fingerprint density at radius 3 is 2.07 bits per heavy atom. The number of hydrogen-bond acceptors (Lipinski definition) is 5. The summed E-state index contributed by atoms with van der Waals surface area (Å²) >= 11 is 0. The molecular formula is C49H40IrN4O-2. The molecule has 0 aliphatic carbocycles. The van der Waals surface area contributed by atoms with Crippen LogP contribution in [0.15, 0.2) is 120 Å². The van der Waals surface area contributed by atoms with Gasteiger partial charge in [-0.2, -0.15) is 0 Å². The molecule has 0 unspecified atom stereocenters. The number of fused-ring (bicyclic) bond motifs is 4. The Hall–Kier alpha value is -5.81. The van der Waals surface area contributed by atoms with Crippen molar-refractivity contribution in [1.29, 1.82) is 0 Å². The number of aromatic nitrogens is 4. The van der Waals surface area contributed by atoms with E-state index in [4.69, 9.17) is 9.40 Å². The van der Waals surface area contributed by atoms with Gasteiger partial charge in [0.05, 0.1) is 11.1 Å². The van der Waals surface area contributed by atoms with Gasteiger partial charge in [-0.1, -0.05) is 77.5 Å². The predicted molar refractivity (Wildman–Crippen MR) is 221 cm³/mol. The van der Waals surface area contributed by atoms with Crippen LogP contribution in [0.1, 0.15) is 39.2 Å². The van der Waals surface area contributed by atoms with E-state index >= 15 is 0 Å². The summed E-state index contributed by atoms with van der Waals surface area (Å²) < 4.78 is 6.20. The van der Waals surface area contributed by atoms with Gasteiger partial charge in [0.15, 0.2) is 0 Å². The Bertz CT molecular complexity index is 2860. The molecule has 5 heterocycles. The summed E-state index contributed by atoms with van der Waals surface area (Å²) in [7, 11) is 0. The third-order valence-electron chi connectivity index (χ3n) is 10.2.